The lowest BCUT2D eigenvalue weighted by Crippen LogP contribution is -2.60. The van der Waals surface area contributed by atoms with E-state index in [4.69, 9.17) is 5.10 Å². The summed E-state index contributed by atoms with van der Waals surface area (Å²) in [6.45, 7) is 5.22. The Kier molecular flexibility index (Phi) is 4.26. The molecule has 1 atom stereocenters. The normalized spacial score (nSPS) is 18.4. The molecule has 0 bridgehead atoms. The quantitative estimate of drug-likeness (QED) is 0.718. The average Bonchev–Trinajstić information content (AvgIpc) is 3.31. The van der Waals surface area contributed by atoms with Crippen LogP contribution in [-0.4, -0.2) is 43.7 Å². The Morgan fingerprint density at radius 1 is 1.21 bits per heavy atom. The van der Waals surface area contributed by atoms with E-state index in [-0.39, 0.29) is 11.0 Å². The molecular weight excluding hydrogens is 384 g/mol. The molecule has 2 aliphatic rings. The first-order valence-corrected chi connectivity index (χ1v) is 10.5. The van der Waals surface area contributed by atoms with E-state index in [0.717, 1.165) is 33.2 Å². The second-order valence-electron chi connectivity index (χ2n) is 8.15. The van der Waals surface area contributed by atoms with Crippen molar-refractivity contribution < 1.29 is 9.90 Å². The molecule has 0 aliphatic carbocycles. The van der Waals surface area contributed by atoms with Crippen LogP contribution < -0.4 is 4.90 Å². The highest BCUT2D eigenvalue weighted by atomic mass is 32.2. The Bertz CT molecular complexity index is 1080. The monoisotopic (exact) mass is 406 g/mol. The molecule has 0 radical (unpaired) electrons. The maximum atomic E-state index is 11.7. The van der Waals surface area contributed by atoms with E-state index in [0.29, 0.717) is 19.5 Å². The van der Waals surface area contributed by atoms with Crippen molar-refractivity contribution in [3.05, 3.63) is 65.6 Å². The zero-order valence-electron chi connectivity index (χ0n) is 16.4. The number of carbonyl (C=O) groups is 1. The topological polar surface area (TPSA) is 71.2 Å². The third-order valence-corrected chi connectivity index (χ3v) is 6.57. The molecule has 0 spiro atoms. The number of fused-ring (bicyclic) bond motifs is 1. The van der Waals surface area contributed by atoms with Gasteiger partial charge in [0.2, 0.25) is 0 Å². The maximum Gasteiger partial charge on any atom is 0.198 e. The van der Waals surface area contributed by atoms with Crippen LogP contribution in [0.3, 0.4) is 0 Å². The lowest BCUT2D eigenvalue weighted by molar-refractivity contribution is -0.110. The minimum absolute atomic E-state index is 0.125. The highest BCUT2D eigenvalue weighted by Crippen LogP contribution is 2.36. The number of nitrogens with zero attached hydrogens (tertiary/aromatic N) is 4. The zero-order valence-corrected chi connectivity index (χ0v) is 17.2. The highest BCUT2D eigenvalue weighted by Gasteiger charge is 2.36. The van der Waals surface area contributed by atoms with Crippen molar-refractivity contribution in [1.29, 1.82) is 0 Å². The van der Waals surface area contributed by atoms with Crippen LogP contribution in [-0.2, 0) is 11.2 Å². The van der Waals surface area contributed by atoms with Gasteiger partial charge in [0.25, 0.3) is 0 Å². The van der Waals surface area contributed by atoms with Crippen LogP contribution in [0.2, 0.25) is 0 Å². The van der Waals surface area contributed by atoms with Crippen LogP contribution >= 0.6 is 11.8 Å². The summed E-state index contributed by atoms with van der Waals surface area (Å²) in [6.07, 6.45) is 4.28. The van der Waals surface area contributed by atoms with Crippen molar-refractivity contribution in [1.82, 2.24) is 14.8 Å². The summed E-state index contributed by atoms with van der Waals surface area (Å²) in [7, 11) is 0. The van der Waals surface area contributed by atoms with Gasteiger partial charge in [-0.1, -0.05) is 30.8 Å². The first-order chi connectivity index (χ1) is 13.9. The van der Waals surface area contributed by atoms with E-state index in [1.807, 2.05) is 37.5 Å². The summed E-state index contributed by atoms with van der Waals surface area (Å²) in [4.78, 5) is 19.4. The van der Waals surface area contributed by atoms with Crippen LogP contribution in [0.5, 0.6) is 0 Å². The minimum Gasteiger partial charge on any atom is -0.386 e. The SMILES string of the molecule is CC(c1ccc2c(c1)SC(=O)C2)c1ccn(-c2ccc(N3CC(C)(O)C3)cn2)n1. The van der Waals surface area contributed by atoms with E-state index >= 15 is 0 Å². The van der Waals surface area contributed by atoms with Crippen LogP contribution in [0.4, 0.5) is 5.69 Å². The summed E-state index contributed by atoms with van der Waals surface area (Å²) in [5.41, 5.74) is 3.64. The number of thioether (sulfide) groups is 1. The molecule has 1 aromatic carbocycles. The van der Waals surface area contributed by atoms with Gasteiger partial charge >= 0.3 is 0 Å². The molecule has 2 aliphatic heterocycles. The van der Waals surface area contributed by atoms with Crippen molar-refractivity contribution >= 4 is 22.6 Å². The van der Waals surface area contributed by atoms with Gasteiger partial charge in [0.05, 0.1) is 23.2 Å². The predicted molar refractivity (Wildman–Crippen MR) is 113 cm³/mol. The Balaban J connectivity index is 1.33. The first kappa shape index (κ1) is 18.4. The molecule has 1 N–H and O–H groups in total. The average molecular weight is 407 g/mol. The molecule has 2 aromatic heterocycles. The van der Waals surface area contributed by atoms with Crippen molar-refractivity contribution in [2.75, 3.05) is 18.0 Å². The number of benzene rings is 1. The fraction of sp³-hybridized carbons (Fsp3) is 0.318. The van der Waals surface area contributed by atoms with Gasteiger partial charge in [0.15, 0.2) is 10.9 Å². The van der Waals surface area contributed by atoms with E-state index in [1.165, 1.54) is 11.8 Å². The molecule has 1 saturated heterocycles. The molecule has 3 aromatic rings. The van der Waals surface area contributed by atoms with Crippen molar-refractivity contribution in [3.8, 4) is 5.82 Å². The lowest BCUT2D eigenvalue weighted by Gasteiger charge is -2.45. The molecular formula is C22H22N4O2S. The molecule has 148 valence electrons. The molecule has 0 amide bonds. The van der Waals surface area contributed by atoms with Gasteiger partial charge in [0, 0.05) is 36.5 Å². The maximum absolute atomic E-state index is 11.7. The second kappa shape index (κ2) is 6.71. The number of aliphatic hydroxyl groups is 1. The molecule has 1 unspecified atom stereocenters. The Morgan fingerprint density at radius 3 is 2.76 bits per heavy atom. The summed E-state index contributed by atoms with van der Waals surface area (Å²) in [6, 6.07) is 12.2. The van der Waals surface area contributed by atoms with Crippen LogP contribution in [0, 0.1) is 0 Å². The fourth-order valence-electron chi connectivity index (χ4n) is 3.92. The number of aromatic nitrogens is 3. The fourth-order valence-corrected chi connectivity index (χ4v) is 4.86. The van der Waals surface area contributed by atoms with Crippen LogP contribution in [0.15, 0.2) is 53.7 Å². The van der Waals surface area contributed by atoms with Crippen molar-refractivity contribution in [2.24, 2.45) is 0 Å². The molecule has 7 heteroatoms. The summed E-state index contributed by atoms with van der Waals surface area (Å²) in [5.74, 6) is 0.884. The first-order valence-electron chi connectivity index (χ1n) is 9.71. The number of rotatable bonds is 4. The number of pyridine rings is 1. The Labute approximate surface area is 173 Å². The Morgan fingerprint density at radius 2 is 2.03 bits per heavy atom. The van der Waals surface area contributed by atoms with Gasteiger partial charge in [-0.3, -0.25) is 4.79 Å². The van der Waals surface area contributed by atoms with E-state index in [9.17, 15) is 9.90 Å². The smallest absolute Gasteiger partial charge is 0.198 e. The predicted octanol–water partition coefficient (Wildman–Crippen LogP) is 3.16. The Hall–Kier alpha value is -2.64. The molecule has 6 nitrogen and oxygen atoms in total. The number of anilines is 1. The molecule has 4 heterocycles. The number of hydrogen-bond acceptors (Lipinski definition) is 6. The molecule has 29 heavy (non-hydrogen) atoms. The van der Waals surface area contributed by atoms with Crippen LogP contribution in [0.1, 0.15) is 36.6 Å². The van der Waals surface area contributed by atoms with Crippen molar-refractivity contribution in [2.45, 2.75) is 36.7 Å². The largest absolute Gasteiger partial charge is 0.386 e. The summed E-state index contributed by atoms with van der Waals surface area (Å²) >= 11 is 1.34. The number of hydrogen-bond donors (Lipinski definition) is 1. The third kappa shape index (κ3) is 3.45. The van der Waals surface area contributed by atoms with Gasteiger partial charge < -0.3 is 10.0 Å². The van der Waals surface area contributed by atoms with E-state index < -0.39 is 5.60 Å². The standard InChI is InChI=1S/C22H22N4O2S/c1-14(15-3-4-16-10-21(27)29-19(16)9-15)18-7-8-26(24-18)20-6-5-17(11-23-20)25-12-22(2,28)13-25/h3-9,11,14,28H,10,12-13H2,1-2H3. The van der Waals surface area contributed by atoms with E-state index in [1.54, 1.807) is 4.68 Å². The minimum atomic E-state index is -0.602. The van der Waals surface area contributed by atoms with Gasteiger partial charge in [-0.15, -0.1) is 0 Å². The molecule has 1 fully saturated rings. The van der Waals surface area contributed by atoms with Gasteiger partial charge in [-0.2, -0.15) is 5.10 Å². The lowest BCUT2D eigenvalue weighted by atomic mass is 9.96. The van der Waals surface area contributed by atoms with Crippen LogP contribution in [0.25, 0.3) is 5.82 Å². The second-order valence-corrected chi connectivity index (χ2v) is 9.25. The third-order valence-electron chi connectivity index (χ3n) is 5.60. The number of carbonyl (C=O) groups excluding carboxylic acids is 1. The summed E-state index contributed by atoms with van der Waals surface area (Å²) in [5, 5.41) is 14.8. The number of β-amino-alcohol motifs (C(OH)–C–C–N with tert-alkyl or cyclic N) is 1. The van der Waals surface area contributed by atoms with Gasteiger partial charge in [0.1, 0.15) is 0 Å². The van der Waals surface area contributed by atoms with Gasteiger partial charge in [-0.05, 0) is 42.3 Å². The van der Waals surface area contributed by atoms with Gasteiger partial charge in [-0.25, -0.2) is 9.67 Å². The van der Waals surface area contributed by atoms with Crippen molar-refractivity contribution in [3.63, 3.8) is 0 Å². The summed E-state index contributed by atoms with van der Waals surface area (Å²) < 4.78 is 1.79. The van der Waals surface area contributed by atoms with E-state index in [2.05, 4.69) is 35.0 Å². The zero-order chi connectivity index (χ0) is 20.2. The molecule has 5 rings (SSSR count). The molecule has 0 saturated carbocycles. The highest BCUT2D eigenvalue weighted by molar-refractivity contribution is 8.14.